The Kier molecular flexibility index (Phi) is 3.67. The summed E-state index contributed by atoms with van der Waals surface area (Å²) in [5.74, 6) is -0.604. The molecule has 0 fully saturated rings. The zero-order valence-electron chi connectivity index (χ0n) is 15.0. The van der Waals surface area contributed by atoms with E-state index in [0.29, 0.717) is 23.4 Å². The average molecular weight is 396 g/mol. The van der Waals surface area contributed by atoms with E-state index in [9.17, 15) is 13.2 Å². The van der Waals surface area contributed by atoms with Crippen molar-refractivity contribution in [2.45, 2.75) is 12.6 Å². The lowest BCUT2D eigenvalue weighted by Gasteiger charge is -2.05. The lowest BCUT2D eigenvalue weighted by Crippen LogP contribution is -2.06. The maximum atomic E-state index is 12.9. The molecule has 29 heavy (non-hydrogen) atoms. The first-order valence-corrected chi connectivity index (χ1v) is 8.85. The van der Waals surface area contributed by atoms with Gasteiger partial charge in [0.05, 0.1) is 22.9 Å². The fourth-order valence-corrected chi connectivity index (χ4v) is 3.43. The number of H-pyrrole nitrogens is 2. The average Bonchev–Trinajstić information content (AvgIpc) is 3.37. The molecule has 3 aromatic heterocycles. The van der Waals surface area contributed by atoms with E-state index in [-0.39, 0.29) is 5.52 Å². The van der Waals surface area contributed by atoms with Gasteiger partial charge in [-0.05, 0) is 35.7 Å². The van der Waals surface area contributed by atoms with E-state index in [4.69, 9.17) is 5.73 Å². The normalized spacial score (nSPS) is 12.2. The van der Waals surface area contributed by atoms with Gasteiger partial charge in [-0.1, -0.05) is 18.2 Å². The summed E-state index contributed by atoms with van der Waals surface area (Å²) in [6, 6.07) is 14.7. The van der Waals surface area contributed by atoms with E-state index in [1.807, 2.05) is 24.3 Å². The van der Waals surface area contributed by atoms with Crippen molar-refractivity contribution in [3.8, 4) is 5.69 Å². The number of alkyl halides is 3. The molecule has 6 nitrogen and oxygen atoms in total. The molecule has 0 amide bonds. The van der Waals surface area contributed by atoms with Crippen LogP contribution in [0.15, 0.2) is 54.7 Å². The van der Waals surface area contributed by atoms with Crippen LogP contribution >= 0.6 is 0 Å². The van der Waals surface area contributed by atoms with Gasteiger partial charge < -0.3 is 15.7 Å². The standard InChI is InChI=1S/C20H15F3N6/c21-20(22,23)19-27-16-6-5-14(9-17(16)28-19)29-18(24)12(10-25-29)8-13-7-11-3-1-2-4-15(11)26-13/h1-7,9-10,26H,8,24H2,(H,27,28). The Morgan fingerprint density at radius 1 is 1.00 bits per heavy atom. The van der Waals surface area contributed by atoms with Gasteiger partial charge in [0.1, 0.15) is 5.82 Å². The Labute approximate surface area is 162 Å². The molecule has 0 aliphatic carbocycles. The minimum atomic E-state index is -4.53. The number of hydrogen-bond acceptors (Lipinski definition) is 3. The monoisotopic (exact) mass is 396 g/mol. The maximum absolute atomic E-state index is 12.9. The van der Waals surface area contributed by atoms with Gasteiger partial charge in [0.15, 0.2) is 0 Å². The molecule has 3 heterocycles. The van der Waals surface area contributed by atoms with Crippen molar-refractivity contribution in [1.82, 2.24) is 24.7 Å². The van der Waals surface area contributed by atoms with Crippen LogP contribution in [0.3, 0.4) is 0 Å². The number of rotatable bonds is 3. The quantitative estimate of drug-likeness (QED) is 0.422. The highest BCUT2D eigenvalue weighted by Crippen LogP contribution is 2.30. The SMILES string of the molecule is Nc1c(Cc2cc3ccccc3[nH]2)cnn1-c1ccc2[nH]c(C(F)(F)F)nc2c1. The molecule has 0 aliphatic rings. The number of fused-ring (bicyclic) bond motifs is 2. The van der Waals surface area contributed by atoms with Crippen LogP contribution in [0.25, 0.3) is 27.6 Å². The van der Waals surface area contributed by atoms with Crippen LogP contribution < -0.4 is 5.73 Å². The summed E-state index contributed by atoms with van der Waals surface area (Å²) in [7, 11) is 0. The summed E-state index contributed by atoms with van der Waals surface area (Å²) in [4.78, 5) is 9.26. The summed E-state index contributed by atoms with van der Waals surface area (Å²) in [5.41, 5.74) is 10.2. The molecule has 0 atom stereocenters. The predicted octanol–water partition coefficient (Wildman–Crippen LogP) is 4.42. The molecule has 146 valence electrons. The summed E-state index contributed by atoms with van der Waals surface area (Å²) >= 11 is 0. The number of nitrogens with one attached hydrogen (secondary N) is 2. The number of nitrogens with zero attached hydrogens (tertiary/aromatic N) is 3. The van der Waals surface area contributed by atoms with Crippen molar-refractivity contribution < 1.29 is 13.2 Å². The summed E-state index contributed by atoms with van der Waals surface area (Å²) in [6.45, 7) is 0. The number of aromatic nitrogens is 5. The smallest absolute Gasteiger partial charge is 0.383 e. The number of nitrogen functional groups attached to an aromatic ring is 1. The number of halogens is 3. The van der Waals surface area contributed by atoms with Gasteiger partial charge in [0, 0.05) is 23.2 Å². The molecule has 0 bridgehead atoms. The summed E-state index contributed by atoms with van der Waals surface area (Å²) in [5, 5.41) is 5.43. The van der Waals surface area contributed by atoms with E-state index in [1.165, 1.54) is 16.8 Å². The fraction of sp³-hybridized carbons (Fsp3) is 0.100. The second-order valence-corrected chi connectivity index (χ2v) is 6.81. The van der Waals surface area contributed by atoms with Crippen molar-refractivity contribution in [2.24, 2.45) is 0 Å². The summed E-state index contributed by atoms with van der Waals surface area (Å²) < 4.78 is 40.1. The zero-order valence-corrected chi connectivity index (χ0v) is 15.0. The second-order valence-electron chi connectivity index (χ2n) is 6.81. The number of imidazole rings is 1. The molecular formula is C20H15F3N6. The predicted molar refractivity (Wildman–Crippen MR) is 104 cm³/mol. The Morgan fingerprint density at radius 3 is 2.62 bits per heavy atom. The van der Waals surface area contributed by atoms with Crippen LogP contribution in [0.2, 0.25) is 0 Å². The third-order valence-corrected chi connectivity index (χ3v) is 4.83. The molecule has 0 saturated heterocycles. The first kappa shape index (κ1) is 17.4. The number of anilines is 1. The van der Waals surface area contributed by atoms with Crippen LogP contribution in [0.4, 0.5) is 19.0 Å². The lowest BCUT2D eigenvalue weighted by molar-refractivity contribution is -0.144. The zero-order chi connectivity index (χ0) is 20.2. The third-order valence-electron chi connectivity index (χ3n) is 4.83. The highest BCUT2D eigenvalue weighted by Gasteiger charge is 2.34. The topological polar surface area (TPSA) is 88.3 Å². The van der Waals surface area contributed by atoms with E-state index >= 15 is 0 Å². The van der Waals surface area contributed by atoms with Gasteiger partial charge >= 0.3 is 6.18 Å². The van der Waals surface area contributed by atoms with Crippen molar-refractivity contribution in [1.29, 1.82) is 0 Å². The van der Waals surface area contributed by atoms with Crippen molar-refractivity contribution in [3.05, 3.63) is 71.8 Å². The largest absolute Gasteiger partial charge is 0.449 e. The lowest BCUT2D eigenvalue weighted by atomic mass is 10.1. The second kappa shape index (κ2) is 6.13. The van der Waals surface area contributed by atoms with Gasteiger partial charge in [-0.25, -0.2) is 9.67 Å². The minimum Gasteiger partial charge on any atom is -0.383 e. The Bertz CT molecular complexity index is 1310. The van der Waals surface area contributed by atoms with E-state index in [2.05, 4.69) is 26.1 Å². The van der Waals surface area contributed by atoms with Crippen molar-refractivity contribution in [2.75, 3.05) is 5.73 Å². The van der Waals surface area contributed by atoms with Crippen LogP contribution in [-0.4, -0.2) is 24.7 Å². The number of benzene rings is 2. The van der Waals surface area contributed by atoms with E-state index < -0.39 is 12.0 Å². The number of para-hydroxylation sites is 1. The van der Waals surface area contributed by atoms with Crippen LogP contribution in [0.5, 0.6) is 0 Å². The molecule has 0 saturated carbocycles. The number of aromatic amines is 2. The number of nitrogens with two attached hydrogens (primary N) is 1. The minimum absolute atomic E-state index is 0.196. The van der Waals surface area contributed by atoms with Crippen LogP contribution in [0, 0.1) is 0 Å². The molecule has 2 aromatic carbocycles. The summed E-state index contributed by atoms with van der Waals surface area (Å²) in [6.07, 6.45) is -2.31. The third kappa shape index (κ3) is 3.00. The molecule has 4 N–H and O–H groups in total. The maximum Gasteiger partial charge on any atom is 0.449 e. The van der Waals surface area contributed by atoms with Crippen LogP contribution in [0.1, 0.15) is 17.1 Å². The molecule has 9 heteroatoms. The Hall–Kier alpha value is -3.75. The molecule has 0 unspecified atom stereocenters. The van der Waals surface area contributed by atoms with Crippen molar-refractivity contribution >= 4 is 27.8 Å². The number of hydrogen-bond donors (Lipinski definition) is 3. The molecule has 5 aromatic rings. The van der Waals surface area contributed by atoms with Gasteiger partial charge in [0.2, 0.25) is 5.82 Å². The molecular weight excluding hydrogens is 381 g/mol. The van der Waals surface area contributed by atoms with E-state index in [1.54, 1.807) is 12.3 Å². The van der Waals surface area contributed by atoms with Crippen LogP contribution in [-0.2, 0) is 12.6 Å². The molecule has 5 rings (SSSR count). The first-order chi connectivity index (χ1) is 13.9. The Balaban J connectivity index is 1.48. The Morgan fingerprint density at radius 2 is 1.83 bits per heavy atom. The van der Waals surface area contributed by atoms with E-state index in [0.717, 1.165) is 22.2 Å². The first-order valence-electron chi connectivity index (χ1n) is 8.85. The van der Waals surface area contributed by atoms with Gasteiger partial charge in [0.25, 0.3) is 0 Å². The van der Waals surface area contributed by atoms with Gasteiger partial charge in [-0.3, -0.25) is 0 Å². The highest BCUT2D eigenvalue weighted by molar-refractivity contribution is 5.80. The molecule has 0 spiro atoms. The fourth-order valence-electron chi connectivity index (χ4n) is 3.43. The van der Waals surface area contributed by atoms with Gasteiger partial charge in [-0.15, -0.1) is 0 Å². The molecule has 0 aliphatic heterocycles. The van der Waals surface area contributed by atoms with Crippen molar-refractivity contribution in [3.63, 3.8) is 0 Å². The molecule has 0 radical (unpaired) electrons. The van der Waals surface area contributed by atoms with Gasteiger partial charge in [-0.2, -0.15) is 18.3 Å². The highest BCUT2D eigenvalue weighted by atomic mass is 19.4.